The number of carbonyl (C=O) groups excluding carboxylic acids is 1. The molecular formula is C14H20N2O3. The fraction of sp³-hybridized carbons (Fsp3) is 0.429. The van der Waals surface area contributed by atoms with Crippen LogP contribution in [0.4, 0.5) is 5.69 Å². The molecule has 0 radical (unpaired) electrons. The van der Waals surface area contributed by atoms with Gasteiger partial charge in [0.2, 0.25) is 5.91 Å². The molecule has 1 aromatic carbocycles. The lowest BCUT2D eigenvalue weighted by Crippen LogP contribution is -2.50. The van der Waals surface area contributed by atoms with E-state index in [9.17, 15) is 9.59 Å². The molecule has 0 spiro atoms. The summed E-state index contributed by atoms with van der Waals surface area (Å²) in [7, 11) is 0. The molecule has 1 atom stereocenters. The summed E-state index contributed by atoms with van der Waals surface area (Å²) in [6.45, 7) is 5.37. The number of benzene rings is 1. The lowest BCUT2D eigenvalue weighted by atomic mass is 9.87. The van der Waals surface area contributed by atoms with Gasteiger partial charge in [-0.3, -0.25) is 4.79 Å². The molecule has 0 aromatic heterocycles. The monoisotopic (exact) mass is 264 g/mol. The standard InChI is InChI=1S/C14H20N2O3/c1-14(2,3)12(13(18)19)16-11(17)9-15-10-7-5-4-6-8-10/h4-8,12,15H,9H2,1-3H3,(H,16,17)(H,18,19)/t12-/m1/s1. The summed E-state index contributed by atoms with van der Waals surface area (Å²) in [6.07, 6.45) is 0. The number of hydrogen-bond acceptors (Lipinski definition) is 3. The van der Waals surface area contributed by atoms with Crippen molar-refractivity contribution >= 4 is 17.6 Å². The van der Waals surface area contributed by atoms with E-state index in [2.05, 4.69) is 10.6 Å². The Labute approximate surface area is 113 Å². The third-order valence-corrected chi connectivity index (χ3v) is 2.65. The van der Waals surface area contributed by atoms with Crippen molar-refractivity contribution in [1.29, 1.82) is 0 Å². The van der Waals surface area contributed by atoms with E-state index in [1.807, 2.05) is 30.3 Å². The number of rotatable bonds is 5. The average molecular weight is 264 g/mol. The van der Waals surface area contributed by atoms with Crippen LogP contribution in [0.1, 0.15) is 20.8 Å². The molecule has 0 unspecified atom stereocenters. The highest BCUT2D eigenvalue weighted by Crippen LogP contribution is 2.19. The van der Waals surface area contributed by atoms with Crippen LogP contribution in [0.2, 0.25) is 0 Å². The Bertz CT molecular complexity index is 438. The first-order valence-electron chi connectivity index (χ1n) is 6.12. The molecule has 0 fully saturated rings. The number of carboxylic acid groups (broad SMARTS) is 1. The molecular weight excluding hydrogens is 244 g/mol. The fourth-order valence-electron chi connectivity index (χ4n) is 1.60. The fourth-order valence-corrected chi connectivity index (χ4v) is 1.60. The molecule has 0 saturated carbocycles. The molecule has 5 heteroatoms. The van der Waals surface area contributed by atoms with Gasteiger partial charge in [0.05, 0.1) is 6.54 Å². The van der Waals surface area contributed by atoms with Crippen molar-refractivity contribution in [2.24, 2.45) is 5.41 Å². The zero-order chi connectivity index (χ0) is 14.5. The zero-order valence-corrected chi connectivity index (χ0v) is 11.4. The molecule has 19 heavy (non-hydrogen) atoms. The molecule has 104 valence electrons. The summed E-state index contributed by atoms with van der Waals surface area (Å²) in [4.78, 5) is 22.9. The van der Waals surface area contributed by atoms with E-state index >= 15 is 0 Å². The Hall–Kier alpha value is -2.04. The van der Waals surface area contributed by atoms with Crippen molar-refractivity contribution in [3.05, 3.63) is 30.3 Å². The van der Waals surface area contributed by atoms with E-state index in [0.717, 1.165) is 5.69 Å². The van der Waals surface area contributed by atoms with E-state index in [1.54, 1.807) is 20.8 Å². The van der Waals surface area contributed by atoms with Crippen LogP contribution in [-0.2, 0) is 9.59 Å². The van der Waals surface area contributed by atoms with Gasteiger partial charge in [-0.05, 0) is 17.5 Å². The Morgan fingerprint density at radius 3 is 2.26 bits per heavy atom. The maximum absolute atomic E-state index is 11.7. The minimum absolute atomic E-state index is 0.0455. The Morgan fingerprint density at radius 1 is 1.21 bits per heavy atom. The smallest absolute Gasteiger partial charge is 0.326 e. The predicted molar refractivity (Wildman–Crippen MR) is 74.0 cm³/mol. The molecule has 5 nitrogen and oxygen atoms in total. The van der Waals surface area contributed by atoms with Gasteiger partial charge in [0.1, 0.15) is 6.04 Å². The molecule has 0 bridgehead atoms. The molecule has 0 aliphatic heterocycles. The largest absolute Gasteiger partial charge is 0.480 e. The van der Waals surface area contributed by atoms with E-state index in [4.69, 9.17) is 5.11 Å². The van der Waals surface area contributed by atoms with Gasteiger partial charge in [0.15, 0.2) is 0 Å². The second-order valence-electron chi connectivity index (χ2n) is 5.42. The van der Waals surface area contributed by atoms with Crippen molar-refractivity contribution in [2.45, 2.75) is 26.8 Å². The van der Waals surface area contributed by atoms with Crippen LogP contribution in [-0.4, -0.2) is 29.6 Å². The number of nitrogens with one attached hydrogen (secondary N) is 2. The highest BCUT2D eigenvalue weighted by molar-refractivity contribution is 5.86. The number of carboxylic acids is 1. The minimum Gasteiger partial charge on any atom is -0.480 e. The SMILES string of the molecule is CC(C)(C)[C@H](NC(=O)CNc1ccccc1)C(=O)O. The molecule has 0 aliphatic carbocycles. The molecule has 1 aromatic rings. The topological polar surface area (TPSA) is 78.4 Å². The predicted octanol–water partition coefficient (Wildman–Crippen LogP) is 1.71. The average Bonchev–Trinajstić information content (AvgIpc) is 2.33. The maximum atomic E-state index is 11.7. The first kappa shape index (κ1) is 15.0. The molecule has 0 saturated heterocycles. The molecule has 0 heterocycles. The lowest BCUT2D eigenvalue weighted by Gasteiger charge is -2.27. The van der Waals surface area contributed by atoms with Crippen LogP contribution >= 0.6 is 0 Å². The van der Waals surface area contributed by atoms with Crippen LogP contribution in [0.3, 0.4) is 0 Å². The van der Waals surface area contributed by atoms with Gasteiger partial charge in [-0.2, -0.15) is 0 Å². The van der Waals surface area contributed by atoms with Crippen molar-refractivity contribution in [1.82, 2.24) is 5.32 Å². The number of para-hydroxylation sites is 1. The van der Waals surface area contributed by atoms with Crippen LogP contribution < -0.4 is 10.6 Å². The quantitative estimate of drug-likeness (QED) is 0.756. The molecule has 0 aliphatic rings. The lowest BCUT2D eigenvalue weighted by molar-refractivity contribution is -0.144. The van der Waals surface area contributed by atoms with Gasteiger partial charge >= 0.3 is 5.97 Å². The third kappa shape index (κ3) is 4.99. The van der Waals surface area contributed by atoms with Crippen LogP contribution in [0.5, 0.6) is 0 Å². The summed E-state index contributed by atoms with van der Waals surface area (Å²) in [5.74, 6) is -1.37. The second-order valence-corrected chi connectivity index (χ2v) is 5.42. The van der Waals surface area contributed by atoms with Crippen LogP contribution in [0.15, 0.2) is 30.3 Å². The normalized spacial score (nSPS) is 12.6. The van der Waals surface area contributed by atoms with Crippen LogP contribution in [0, 0.1) is 5.41 Å². The summed E-state index contributed by atoms with van der Waals surface area (Å²) in [6, 6.07) is 8.37. The highest BCUT2D eigenvalue weighted by atomic mass is 16.4. The van der Waals surface area contributed by atoms with E-state index < -0.39 is 17.4 Å². The van der Waals surface area contributed by atoms with Crippen molar-refractivity contribution in [2.75, 3.05) is 11.9 Å². The van der Waals surface area contributed by atoms with Gasteiger partial charge < -0.3 is 15.7 Å². The number of amides is 1. The zero-order valence-electron chi connectivity index (χ0n) is 11.4. The van der Waals surface area contributed by atoms with Crippen LogP contribution in [0.25, 0.3) is 0 Å². The number of anilines is 1. The Kier molecular flexibility index (Phi) is 4.92. The van der Waals surface area contributed by atoms with Gasteiger partial charge in [-0.25, -0.2) is 4.79 Å². The van der Waals surface area contributed by atoms with Gasteiger partial charge in [0.25, 0.3) is 0 Å². The summed E-state index contributed by atoms with van der Waals surface area (Å²) in [5.41, 5.74) is 0.286. The van der Waals surface area contributed by atoms with Crippen molar-refractivity contribution < 1.29 is 14.7 Å². The molecule has 1 rings (SSSR count). The van der Waals surface area contributed by atoms with Crippen molar-refractivity contribution in [3.63, 3.8) is 0 Å². The van der Waals surface area contributed by atoms with Crippen molar-refractivity contribution in [3.8, 4) is 0 Å². The van der Waals surface area contributed by atoms with Gasteiger partial charge in [0, 0.05) is 5.69 Å². The number of aliphatic carboxylic acids is 1. The Morgan fingerprint density at radius 2 is 1.79 bits per heavy atom. The van der Waals surface area contributed by atoms with Gasteiger partial charge in [-0.1, -0.05) is 39.0 Å². The summed E-state index contributed by atoms with van der Waals surface area (Å²) < 4.78 is 0. The maximum Gasteiger partial charge on any atom is 0.326 e. The first-order valence-corrected chi connectivity index (χ1v) is 6.12. The minimum atomic E-state index is -1.03. The van der Waals surface area contributed by atoms with Gasteiger partial charge in [-0.15, -0.1) is 0 Å². The van der Waals surface area contributed by atoms with E-state index in [-0.39, 0.29) is 12.5 Å². The summed E-state index contributed by atoms with van der Waals surface area (Å²) in [5, 5.41) is 14.6. The Balaban J connectivity index is 2.52. The third-order valence-electron chi connectivity index (χ3n) is 2.65. The van der Waals surface area contributed by atoms with E-state index in [0.29, 0.717) is 0 Å². The molecule has 3 N–H and O–H groups in total. The molecule has 1 amide bonds. The van der Waals surface area contributed by atoms with E-state index in [1.165, 1.54) is 0 Å². The summed E-state index contributed by atoms with van der Waals surface area (Å²) >= 11 is 0. The second kappa shape index (κ2) is 6.22. The highest BCUT2D eigenvalue weighted by Gasteiger charge is 2.32. The number of carbonyl (C=O) groups is 2. The first-order chi connectivity index (χ1) is 8.80. The number of hydrogen-bond donors (Lipinski definition) is 3.